The molecule has 1 aromatic heterocycles. The van der Waals surface area contributed by atoms with Crippen molar-refractivity contribution >= 4 is 16.8 Å². The fraction of sp³-hybridized carbons (Fsp3) is 0.308. The van der Waals surface area contributed by atoms with E-state index in [9.17, 15) is 4.79 Å². The Morgan fingerprint density at radius 3 is 2.94 bits per heavy atom. The van der Waals surface area contributed by atoms with Crippen LogP contribution in [-0.4, -0.2) is 17.5 Å². The molecule has 1 heterocycles. The van der Waals surface area contributed by atoms with Crippen molar-refractivity contribution in [2.45, 2.75) is 19.9 Å². The molecule has 3 nitrogen and oxygen atoms in total. The predicted molar refractivity (Wildman–Crippen MR) is 65.4 cm³/mol. The summed E-state index contributed by atoms with van der Waals surface area (Å²) >= 11 is 0. The summed E-state index contributed by atoms with van der Waals surface area (Å²) in [5, 5.41) is 3.86. The number of nitrogens with zero attached hydrogens (tertiary/aromatic N) is 1. The monoisotopic (exact) mass is 216 g/mol. The Hall–Kier alpha value is -1.77. The van der Waals surface area contributed by atoms with Gasteiger partial charge in [0.05, 0.1) is 0 Å². The molecule has 16 heavy (non-hydrogen) atoms. The lowest BCUT2D eigenvalue weighted by molar-refractivity contribution is -0.120. The molecule has 0 saturated heterocycles. The summed E-state index contributed by atoms with van der Waals surface area (Å²) in [5.74, 6) is 0.0782. The molecule has 1 N–H and O–H groups in total. The van der Waals surface area contributed by atoms with Crippen molar-refractivity contribution in [3.8, 4) is 0 Å². The number of aromatic nitrogens is 1. The second kappa shape index (κ2) is 4.39. The first kappa shape index (κ1) is 10.7. The molecular formula is C13H16N2O. The second-order valence-corrected chi connectivity index (χ2v) is 3.99. The standard InChI is InChI=1S/C13H16N2O/c1-10-3-4-11-5-7-15(12(11)9-10)8-6-13(16)14-2/h3-5,7,9H,6,8H2,1-2H3,(H,14,16). The van der Waals surface area contributed by atoms with Gasteiger partial charge in [0.2, 0.25) is 5.91 Å². The maximum Gasteiger partial charge on any atom is 0.221 e. The third-order valence-corrected chi connectivity index (χ3v) is 2.79. The molecule has 0 aliphatic rings. The molecule has 0 spiro atoms. The summed E-state index contributed by atoms with van der Waals surface area (Å²) in [5.41, 5.74) is 2.44. The summed E-state index contributed by atoms with van der Waals surface area (Å²) in [6, 6.07) is 8.45. The lowest BCUT2D eigenvalue weighted by Crippen LogP contribution is -2.19. The van der Waals surface area contributed by atoms with Gasteiger partial charge in [-0.2, -0.15) is 0 Å². The molecule has 2 rings (SSSR count). The number of benzene rings is 1. The van der Waals surface area contributed by atoms with Crippen molar-refractivity contribution in [1.82, 2.24) is 9.88 Å². The molecule has 1 aromatic carbocycles. The maximum absolute atomic E-state index is 11.2. The van der Waals surface area contributed by atoms with Gasteiger partial charge >= 0.3 is 0 Å². The second-order valence-electron chi connectivity index (χ2n) is 3.99. The lowest BCUT2D eigenvalue weighted by atomic mass is 10.2. The number of carbonyl (C=O) groups excluding carboxylic acids is 1. The van der Waals surface area contributed by atoms with Crippen molar-refractivity contribution in [2.24, 2.45) is 0 Å². The van der Waals surface area contributed by atoms with Crippen molar-refractivity contribution in [3.05, 3.63) is 36.0 Å². The molecule has 84 valence electrons. The Morgan fingerprint density at radius 2 is 2.19 bits per heavy atom. The highest BCUT2D eigenvalue weighted by Crippen LogP contribution is 2.17. The smallest absolute Gasteiger partial charge is 0.221 e. The van der Waals surface area contributed by atoms with Crippen LogP contribution in [0.25, 0.3) is 10.9 Å². The van der Waals surface area contributed by atoms with Crippen LogP contribution >= 0.6 is 0 Å². The normalized spacial score (nSPS) is 10.6. The van der Waals surface area contributed by atoms with Crippen molar-refractivity contribution in [2.75, 3.05) is 7.05 Å². The third kappa shape index (κ3) is 2.08. The largest absolute Gasteiger partial charge is 0.359 e. The summed E-state index contributed by atoms with van der Waals surface area (Å²) in [7, 11) is 1.67. The average Bonchev–Trinajstić information content (AvgIpc) is 2.68. The van der Waals surface area contributed by atoms with E-state index in [2.05, 4.69) is 41.1 Å². The van der Waals surface area contributed by atoms with Gasteiger partial charge in [-0.25, -0.2) is 0 Å². The minimum atomic E-state index is 0.0782. The van der Waals surface area contributed by atoms with Gasteiger partial charge in [0.25, 0.3) is 0 Å². The van der Waals surface area contributed by atoms with Crippen LogP contribution in [0.3, 0.4) is 0 Å². The van der Waals surface area contributed by atoms with Gasteiger partial charge < -0.3 is 9.88 Å². The number of fused-ring (bicyclic) bond motifs is 1. The highest BCUT2D eigenvalue weighted by atomic mass is 16.1. The van der Waals surface area contributed by atoms with Crippen LogP contribution in [0.4, 0.5) is 0 Å². The van der Waals surface area contributed by atoms with Crippen molar-refractivity contribution in [3.63, 3.8) is 0 Å². The average molecular weight is 216 g/mol. The van der Waals surface area contributed by atoms with Crippen LogP contribution < -0.4 is 5.32 Å². The SMILES string of the molecule is CNC(=O)CCn1ccc2ccc(C)cc21. The molecule has 0 bridgehead atoms. The van der Waals surface area contributed by atoms with Crippen LogP contribution in [0.1, 0.15) is 12.0 Å². The van der Waals surface area contributed by atoms with E-state index in [-0.39, 0.29) is 5.91 Å². The maximum atomic E-state index is 11.2. The van der Waals surface area contributed by atoms with E-state index >= 15 is 0 Å². The number of amides is 1. The van der Waals surface area contributed by atoms with Gasteiger partial charge in [0.1, 0.15) is 0 Å². The summed E-state index contributed by atoms with van der Waals surface area (Å²) in [6.07, 6.45) is 2.56. The van der Waals surface area contributed by atoms with Gasteiger partial charge in [0.15, 0.2) is 0 Å². The molecule has 0 saturated carbocycles. The third-order valence-electron chi connectivity index (χ3n) is 2.79. The molecule has 0 aliphatic carbocycles. The Morgan fingerprint density at radius 1 is 1.38 bits per heavy atom. The number of aryl methyl sites for hydroxylation is 2. The van der Waals surface area contributed by atoms with E-state index in [4.69, 9.17) is 0 Å². The van der Waals surface area contributed by atoms with E-state index in [1.165, 1.54) is 16.5 Å². The quantitative estimate of drug-likeness (QED) is 0.837. The molecule has 0 atom stereocenters. The fourth-order valence-corrected chi connectivity index (χ4v) is 1.84. The highest BCUT2D eigenvalue weighted by molar-refractivity contribution is 5.81. The van der Waals surface area contributed by atoms with E-state index in [1.54, 1.807) is 7.05 Å². The number of nitrogens with one attached hydrogen (secondary N) is 1. The predicted octanol–water partition coefficient (Wildman–Crippen LogP) is 2.09. The first-order valence-corrected chi connectivity index (χ1v) is 5.47. The zero-order chi connectivity index (χ0) is 11.5. The van der Waals surface area contributed by atoms with Crippen molar-refractivity contribution in [1.29, 1.82) is 0 Å². The van der Waals surface area contributed by atoms with Crippen LogP contribution in [0, 0.1) is 6.92 Å². The van der Waals surface area contributed by atoms with Gasteiger partial charge in [-0.15, -0.1) is 0 Å². The first-order chi connectivity index (χ1) is 7.70. The number of hydrogen-bond acceptors (Lipinski definition) is 1. The number of carbonyl (C=O) groups is 1. The van der Waals surface area contributed by atoms with Gasteiger partial charge in [0, 0.05) is 31.7 Å². The molecule has 0 radical (unpaired) electrons. The van der Waals surface area contributed by atoms with Crippen LogP contribution in [0.2, 0.25) is 0 Å². The van der Waals surface area contributed by atoms with Crippen LogP contribution in [0.5, 0.6) is 0 Å². The first-order valence-electron chi connectivity index (χ1n) is 5.47. The summed E-state index contributed by atoms with van der Waals surface area (Å²) in [6.45, 7) is 2.81. The topological polar surface area (TPSA) is 34.0 Å². The zero-order valence-electron chi connectivity index (χ0n) is 9.66. The van der Waals surface area contributed by atoms with E-state index in [1.807, 2.05) is 6.20 Å². The minimum Gasteiger partial charge on any atom is -0.359 e. The highest BCUT2D eigenvalue weighted by Gasteiger charge is 2.03. The zero-order valence-corrected chi connectivity index (χ0v) is 9.66. The van der Waals surface area contributed by atoms with Gasteiger partial charge in [-0.3, -0.25) is 4.79 Å². The van der Waals surface area contributed by atoms with Gasteiger partial charge in [-0.1, -0.05) is 12.1 Å². The van der Waals surface area contributed by atoms with Gasteiger partial charge in [-0.05, 0) is 30.0 Å². The molecule has 0 fully saturated rings. The van der Waals surface area contributed by atoms with E-state index < -0.39 is 0 Å². The van der Waals surface area contributed by atoms with Crippen LogP contribution in [-0.2, 0) is 11.3 Å². The van der Waals surface area contributed by atoms with E-state index in [0.717, 1.165) is 6.54 Å². The Labute approximate surface area is 95.1 Å². The van der Waals surface area contributed by atoms with Crippen molar-refractivity contribution < 1.29 is 4.79 Å². The molecule has 2 aromatic rings. The van der Waals surface area contributed by atoms with E-state index in [0.29, 0.717) is 6.42 Å². The lowest BCUT2D eigenvalue weighted by Gasteiger charge is -2.05. The fourth-order valence-electron chi connectivity index (χ4n) is 1.84. The molecule has 3 heteroatoms. The molecular weight excluding hydrogens is 200 g/mol. The Balaban J connectivity index is 2.24. The summed E-state index contributed by atoms with van der Waals surface area (Å²) < 4.78 is 2.12. The molecule has 1 amide bonds. The Kier molecular flexibility index (Phi) is 2.95. The number of rotatable bonds is 3. The molecule has 0 aliphatic heterocycles. The Bertz CT molecular complexity index is 514. The summed E-state index contributed by atoms with van der Waals surface area (Å²) in [4.78, 5) is 11.2. The van der Waals surface area contributed by atoms with Crippen LogP contribution in [0.15, 0.2) is 30.5 Å². The molecule has 0 unspecified atom stereocenters. The minimum absolute atomic E-state index is 0.0782. The number of hydrogen-bond donors (Lipinski definition) is 1.